The molecule has 2 atom stereocenters. The highest BCUT2D eigenvalue weighted by atomic mass is 16.5. The molecule has 19 heavy (non-hydrogen) atoms. The molecule has 5 heteroatoms. The zero-order valence-corrected chi connectivity index (χ0v) is 11.8. The Kier molecular flexibility index (Phi) is 5.32. The fourth-order valence-corrected chi connectivity index (χ4v) is 2.01. The van der Waals surface area contributed by atoms with Crippen molar-refractivity contribution in [2.24, 2.45) is 5.73 Å². The molecule has 1 aromatic carbocycles. The van der Waals surface area contributed by atoms with Crippen LogP contribution in [0, 0.1) is 0 Å². The summed E-state index contributed by atoms with van der Waals surface area (Å²) < 4.78 is 5.27. The second-order valence-electron chi connectivity index (χ2n) is 4.79. The van der Waals surface area contributed by atoms with Crippen molar-refractivity contribution >= 4 is 5.97 Å². The number of aliphatic carboxylic acids is 1. The molecule has 1 aromatic rings. The SMILES string of the molecule is CNC(C(=O)O)C(N)c1cc(C(C)C)ccc1OC. The van der Waals surface area contributed by atoms with E-state index in [0.29, 0.717) is 17.2 Å². The number of ether oxygens (including phenoxy) is 1. The molecule has 1 rings (SSSR count). The van der Waals surface area contributed by atoms with Gasteiger partial charge in [0.25, 0.3) is 0 Å². The van der Waals surface area contributed by atoms with Gasteiger partial charge in [-0.1, -0.05) is 26.0 Å². The minimum Gasteiger partial charge on any atom is -0.496 e. The smallest absolute Gasteiger partial charge is 0.322 e. The van der Waals surface area contributed by atoms with Crippen molar-refractivity contribution in [3.63, 3.8) is 0 Å². The van der Waals surface area contributed by atoms with Crippen LogP contribution in [-0.2, 0) is 4.79 Å². The van der Waals surface area contributed by atoms with E-state index in [0.717, 1.165) is 5.56 Å². The average molecular weight is 266 g/mol. The van der Waals surface area contributed by atoms with Crippen molar-refractivity contribution in [1.29, 1.82) is 0 Å². The van der Waals surface area contributed by atoms with Gasteiger partial charge in [0.1, 0.15) is 11.8 Å². The van der Waals surface area contributed by atoms with Gasteiger partial charge in [0.15, 0.2) is 0 Å². The Labute approximate surface area is 113 Å². The molecule has 0 radical (unpaired) electrons. The fourth-order valence-electron chi connectivity index (χ4n) is 2.01. The van der Waals surface area contributed by atoms with Gasteiger partial charge in [0.05, 0.1) is 13.2 Å². The van der Waals surface area contributed by atoms with Gasteiger partial charge < -0.3 is 20.9 Å². The van der Waals surface area contributed by atoms with Crippen molar-refractivity contribution in [2.75, 3.05) is 14.2 Å². The number of nitrogens with two attached hydrogens (primary N) is 1. The molecule has 0 aliphatic rings. The molecular weight excluding hydrogens is 244 g/mol. The fraction of sp³-hybridized carbons (Fsp3) is 0.500. The molecule has 0 fully saturated rings. The van der Waals surface area contributed by atoms with E-state index < -0.39 is 18.1 Å². The summed E-state index contributed by atoms with van der Waals surface area (Å²) in [5.74, 6) is -0.0277. The Bertz CT molecular complexity index is 446. The van der Waals surface area contributed by atoms with E-state index in [1.54, 1.807) is 14.2 Å². The molecule has 0 aliphatic carbocycles. The largest absolute Gasteiger partial charge is 0.496 e. The first-order valence-corrected chi connectivity index (χ1v) is 6.25. The lowest BCUT2D eigenvalue weighted by Gasteiger charge is -2.23. The monoisotopic (exact) mass is 266 g/mol. The van der Waals surface area contributed by atoms with E-state index in [1.807, 2.05) is 18.2 Å². The highest BCUT2D eigenvalue weighted by Crippen LogP contribution is 2.29. The van der Waals surface area contributed by atoms with Crippen LogP contribution >= 0.6 is 0 Å². The van der Waals surface area contributed by atoms with Gasteiger partial charge in [-0.2, -0.15) is 0 Å². The predicted octanol–water partition coefficient (Wildman–Crippen LogP) is 1.49. The number of rotatable bonds is 6. The third kappa shape index (κ3) is 3.45. The van der Waals surface area contributed by atoms with E-state index in [9.17, 15) is 4.79 Å². The standard InChI is InChI=1S/C14H22N2O3/c1-8(2)9-5-6-11(19-4)10(7-9)12(15)13(16-3)14(17)18/h5-8,12-13,16H,15H2,1-4H3,(H,17,18). The number of hydrogen-bond acceptors (Lipinski definition) is 4. The third-order valence-corrected chi connectivity index (χ3v) is 3.22. The van der Waals surface area contributed by atoms with Gasteiger partial charge in [-0.3, -0.25) is 4.79 Å². The number of methoxy groups -OCH3 is 1. The van der Waals surface area contributed by atoms with E-state index in [-0.39, 0.29) is 0 Å². The van der Waals surface area contributed by atoms with Crippen LogP contribution < -0.4 is 15.8 Å². The minimum absolute atomic E-state index is 0.342. The number of benzene rings is 1. The normalized spacial score (nSPS) is 14.2. The number of hydrogen-bond donors (Lipinski definition) is 3. The van der Waals surface area contributed by atoms with Crippen LogP contribution in [0.15, 0.2) is 18.2 Å². The Morgan fingerprint density at radius 2 is 2.05 bits per heavy atom. The summed E-state index contributed by atoms with van der Waals surface area (Å²) >= 11 is 0. The Morgan fingerprint density at radius 1 is 1.42 bits per heavy atom. The maximum atomic E-state index is 11.2. The van der Waals surface area contributed by atoms with Crippen LogP contribution in [0.4, 0.5) is 0 Å². The van der Waals surface area contributed by atoms with Crippen LogP contribution in [0.5, 0.6) is 5.75 Å². The zero-order chi connectivity index (χ0) is 14.6. The molecule has 5 nitrogen and oxygen atoms in total. The highest BCUT2D eigenvalue weighted by molar-refractivity contribution is 5.75. The van der Waals surface area contributed by atoms with Gasteiger partial charge in [-0.25, -0.2) is 0 Å². The van der Waals surface area contributed by atoms with Gasteiger partial charge in [0, 0.05) is 5.56 Å². The van der Waals surface area contributed by atoms with Gasteiger partial charge in [-0.15, -0.1) is 0 Å². The summed E-state index contributed by atoms with van der Waals surface area (Å²) in [6.07, 6.45) is 0. The van der Waals surface area contributed by atoms with E-state index in [1.165, 1.54) is 0 Å². The van der Waals surface area contributed by atoms with E-state index in [4.69, 9.17) is 15.6 Å². The highest BCUT2D eigenvalue weighted by Gasteiger charge is 2.27. The minimum atomic E-state index is -0.980. The van der Waals surface area contributed by atoms with Gasteiger partial charge >= 0.3 is 5.97 Å². The van der Waals surface area contributed by atoms with Crippen LogP contribution in [0.3, 0.4) is 0 Å². The van der Waals surface area contributed by atoms with Crippen molar-refractivity contribution in [3.8, 4) is 5.75 Å². The summed E-state index contributed by atoms with van der Waals surface area (Å²) in [6, 6.07) is 4.20. The molecule has 0 amide bonds. The molecule has 4 N–H and O–H groups in total. The summed E-state index contributed by atoms with van der Waals surface area (Å²) in [4.78, 5) is 11.2. The van der Waals surface area contributed by atoms with Crippen LogP contribution in [0.2, 0.25) is 0 Å². The summed E-state index contributed by atoms with van der Waals surface area (Å²) in [6.45, 7) is 4.15. The molecule has 106 valence electrons. The van der Waals surface area contributed by atoms with Crippen LogP contribution in [0.25, 0.3) is 0 Å². The third-order valence-electron chi connectivity index (χ3n) is 3.22. The molecule has 0 heterocycles. The number of carboxylic acid groups (broad SMARTS) is 1. The van der Waals surface area contributed by atoms with Crippen molar-refractivity contribution in [2.45, 2.75) is 31.8 Å². The van der Waals surface area contributed by atoms with Crippen LogP contribution in [-0.4, -0.2) is 31.3 Å². The molecular formula is C14H22N2O3. The van der Waals surface area contributed by atoms with E-state index in [2.05, 4.69) is 19.2 Å². The Balaban J connectivity index is 3.21. The predicted molar refractivity (Wildman–Crippen MR) is 74.5 cm³/mol. The van der Waals surface area contributed by atoms with Crippen molar-refractivity contribution in [3.05, 3.63) is 29.3 Å². The summed E-state index contributed by atoms with van der Waals surface area (Å²) in [5, 5.41) is 11.9. The lowest BCUT2D eigenvalue weighted by atomic mass is 9.94. The second kappa shape index (κ2) is 6.54. The lowest BCUT2D eigenvalue weighted by Crippen LogP contribution is -2.43. The molecule has 0 bridgehead atoms. The number of nitrogens with one attached hydrogen (secondary N) is 1. The zero-order valence-electron chi connectivity index (χ0n) is 11.8. The van der Waals surface area contributed by atoms with Gasteiger partial charge in [-0.05, 0) is 24.6 Å². The number of likely N-dealkylation sites (N-methyl/N-ethyl adjacent to an activating group) is 1. The number of carboxylic acids is 1. The molecule has 0 saturated carbocycles. The summed E-state index contributed by atoms with van der Waals surface area (Å²) in [7, 11) is 3.13. The Hall–Kier alpha value is -1.59. The molecule has 2 unspecified atom stereocenters. The van der Waals surface area contributed by atoms with Crippen LogP contribution in [0.1, 0.15) is 36.9 Å². The van der Waals surface area contributed by atoms with Crippen molar-refractivity contribution in [1.82, 2.24) is 5.32 Å². The summed E-state index contributed by atoms with van der Waals surface area (Å²) in [5.41, 5.74) is 7.88. The second-order valence-corrected chi connectivity index (χ2v) is 4.79. The molecule has 0 saturated heterocycles. The van der Waals surface area contributed by atoms with Crippen molar-refractivity contribution < 1.29 is 14.6 Å². The molecule has 0 spiro atoms. The number of carbonyl (C=O) groups is 1. The van der Waals surface area contributed by atoms with E-state index >= 15 is 0 Å². The first kappa shape index (κ1) is 15.5. The molecule has 0 aromatic heterocycles. The topological polar surface area (TPSA) is 84.6 Å². The first-order valence-electron chi connectivity index (χ1n) is 6.25. The molecule has 0 aliphatic heterocycles. The first-order chi connectivity index (χ1) is 8.92. The maximum Gasteiger partial charge on any atom is 0.322 e. The van der Waals surface area contributed by atoms with Gasteiger partial charge in [0.2, 0.25) is 0 Å². The average Bonchev–Trinajstić information content (AvgIpc) is 2.38. The maximum absolute atomic E-state index is 11.2. The quantitative estimate of drug-likeness (QED) is 0.726. The lowest BCUT2D eigenvalue weighted by molar-refractivity contribution is -0.139. The Morgan fingerprint density at radius 3 is 2.47 bits per heavy atom.